The van der Waals surface area contributed by atoms with Crippen LogP contribution in [0.5, 0.6) is 0 Å². The Balaban J connectivity index is 2.02. The van der Waals surface area contributed by atoms with Crippen LogP contribution in [0.15, 0.2) is 60.7 Å². The van der Waals surface area contributed by atoms with Crippen LogP contribution >= 0.6 is 0 Å². The fourth-order valence-corrected chi connectivity index (χ4v) is 3.15. The number of benzene rings is 3. The summed E-state index contributed by atoms with van der Waals surface area (Å²) in [6, 6.07) is 17.1. The van der Waals surface area contributed by atoms with E-state index in [4.69, 9.17) is 5.26 Å². The first-order valence-corrected chi connectivity index (χ1v) is 8.48. The average Bonchev–Trinajstić information content (AvgIpc) is 3.09. The van der Waals surface area contributed by atoms with Crippen molar-refractivity contribution in [3.8, 4) is 17.5 Å². The lowest BCUT2D eigenvalue weighted by Gasteiger charge is -2.10. The molecule has 6 heteroatoms. The number of hydrogen-bond donors (Lipinski definition) is 0. The molecule has 28 heavy (non-hydrogen) atoms. The average molecular weight is 373 g/mol. The Morgan fingerprint density at radius 2 is 1.64 bits per heavy atom. The van der Waals surface area contributed by atoms with E-state index in [-0.39, 0.29) is 5.82 Å². The van der Waals surface area contributed by atoms with E-state index < -0.39 is 23.1 Å². The molecule has 0 amide bonds. The van der Waals surface area contributed by atoms with Crippen molar-refractivity contribution >= 4 is 16.9 Å². The molecule has 0 aliphatic carbocycles. The van der Waals surface area contributed by atoms with Crippen LogP contribution in [0.1, 0.15) is 21.5 Å². The molecule has 0 bridgehead atoms. The minimum Gasteiger partial charge on any atom is -0.268 e. The SMILES string of the molecule is Cc1cccc2c1nc(-c1ccc(C#N)cc1)n2C(=O)c1c(F)cccc1F. The first kappa shape index (κ1) is 17.6. The van der Waals surface area contributed by atoms with Gasteiger partial charge in [-0.1, -0.05) is 18.2 Å². The van der Waals surface area contributed by atoms with Gasteiger partial charge in [0.1, 0.15) is 23.0 Å². The maximum absolute atomic E-state index is 14.3. The highest BCUT2D eigenvalue weighted by Gasteiger charge is 2.25. The van der Waals surface area contributed by atoms with Gasteiger partial charge in [-0.2, -0.15) is 5.26 Å². The van der Waals surface area contributed by atoms with Gasteiger partial charge in [0.25, 0.3) is 5.91 Å². The molecule has 0 saturated carbocycles. The summed E-state index contributed by atoms with van der Waals surface area (Å²) in [5.41, 5.74) is 2.21. The molecular formula is C22H13F2N3O. The van der Waals surface area contributed by atoms with Crippen LogP contribution in [0.2, 0.25) is 0 Å². The fourth-order valence-electron chi connectivity index (χ4n) is 3.15. The number of nitriles is 1. The summed E-state index contributed by atoms with van der Waals surface area (Å²) >= 11 is 0. The Morgan fingerprint density at radius 3 is 2.29 bits per heavy atom. The van der Waals surface area contributed by atoms with Crippen molar-refractivity contribution in [2.24, 2.45) is 0 Å². The molecule has 0 radical (unpaired) electrons. The second kappa shape index (κ2) is 6.71. The van der Waals surface area contributed by atoms with E-state index in [9.17, 15) is 13.6 Å². The second-order valence-corrected chi connectivity index (χ2v) is 6.30. The predicted molar refractivity (Wildman–Crippen MR) is 101 cm³/mol. The summed E-state index contributed by atoms with van der Waals surface area (Å²) < 4.78 is 29.8. The van der Waals surface area contributed by atoms with Gasteiger partial charge in [0.2, 0.25) is 0 Å². The smallest absolute Gasteiger partial charge is 0.268 e. The Kier molecular flexibility index (Phi) is 4.21. The van der Waals surface area contributed by atoms with Gasteiger partial charge >= 0.3 is 0 Å². The molecule has 0 saturated heterocycles. The molecule has 1 aromatic heterocycles. The second-order valence-electron chi connectivity index (χ2n) is 6.30. The maximum atomic E-state index is 14.3. The molecule has 136 valence electrons. The number of halogens is 2. The molecule has 0 spiro atoms. The molecule has 4 nitrogen and oxygen atoms in total. The monoisotopic (exact) mass is 373 g/mol. The number of rotatable bonds is 2. The summed E-state index contributed by atoms with van der Waals surface area (Å²) in [5, 5.41) is 8.99. The number of aryl methyl sites for hydroxylation is 1. The van der Waals surface area contributed by atoms with Crippen LogP contribution in [0.3, 0.4) is 0 Å². The van der Waals surface area contributed by atoms with Crippen LogP contribution < -0.4 is 0 Å². The minimum absolute atomic E-state index is 0.251. The van der Waals surface area contributed by atoms with Crippen LogP contribution in [0.4, 0.5) is 8.78 Å². The van der Waals surface area contributed by atoms with Gasteiger partial charge in [0, 0.05) is 5.56 Å². The molecular weight excluding hydrogens is 360 g/mol. The molecule has 1 heterocycles. The van der Waals surface area contributed by atoms with E-state index in [1.165, 1.54) is 10.6 Å². The zero-order valence-corrected chi connectivity index (χ0v) is 14.8. The largest absolute Gasteiger partial charge is 0.270 e. The summed E-state index contributed by atoms with van der Waals surface area (Å²) in [5.74, 6) is -2.47. The van der Waals surface area contributed by atoms with Gasteiger partial charge in [-0.15, -0.1) is 0 Å². The molecule has 0 fully saturated rings. The Morgan fingerprint density at radius 1 is 1.00 bits per heavy atom. The van der Waals surface area contributed by atoms with Gasteiger partial charge in [-0.25, -0.2) is 13.8 Å². The molecule has 0 aliphatic rings. The van der Waals surface area contributed by atoms with Crippen molar-refractivity contribution in [3.63, 3.8) is 0 Å². The Bertz CT molecular complexity index is 1250. The highest BCUT2D eigenvalue weighted by molar-refractivity contribution is 6.04. The number of para-hydroxylation sites is 1. The van der Waals surface area contributed by atoms with E-state index in [2.05, 4.69) is 4.98 Å². The van der Waals surface area contributed by atoms with E-state index >= 15 is 0 Å². The van der Waals surface area contributed by atoms with Gasteiger partial charge in [0.05, 0.1) is 22.7 Å². The predicted octanol–water partition coefficient (Wildman–Crippen LogP) is 4.85. The van der Waals surface area contributed by atoms with Gasteiger partial charge < -0.3 is 0 Å². The third kappa shape index (κ3) is 2.74. The summed E-state index contributed by atoms with van der Waals surface area (Å²) in [6.07, 6.45) is 0. The first-order valence-electron chi connectivity index (χ1n) is 8.48. The number of carbonyl (C=O) groups excluding carboxylic acids is 1. The van der Waals surface area contributed by atoms with E-state index in [1.54, 1.807) is 36.4 Å². The molecule has 0 unspecified atom stereocenters. The number of hydrogen-bond acceptors (Lipinski definition) is 3. The lowest BCUT2D eigenvalue weighted by Crippen LogP contribution is -2.17. The number of imidazole rings is 1. The van der Waals surface area contributed by atoms with Gasteiger partial charge in [-0.05, 0) is 55.0 Å². The number of aromatic nitrogens is 2. The van der Waals surface area contributed by atoms with E-state index in [1.807, 2.05) is 19.1 Å². The van der Waals surface area contributed by atoms with Crippen molar-refractivity contribution in [2.75, 3.05) is 0 Å². The Hall–Kier alpha value is -3.85. The maximum Gasteiger partial charge on any atom is 0.270 e. The van der Waals surface area contributed by atoms with E-state index in [0.29, 0.717) is 22.2 Å². The van der Waals surface area contributed by atoms with Crippen molar-refractivity contribution in [2.45, 2.75) is 6.92 Å². The van der Waals surface area contributed by atoms with Crippen molar-refractivity contribution in [1.82, 2.24) is 9.55 Å². The molecule has 3 aromatic carbocycles. The van der Waals surface area contributed by atoms with Crippen LogP contribution in [-0.4, -0.2) is 15.5 Å². The zero-order valence-electron chi connectivity index (χ0n) is 14.8. The zero-order chi connectivity index (χ0) is 19.8. The van der Waals surface area contributed by atoms with Gasteiger partial charge in [0.15, 0.2) is 0 Å². The van der Waals surface area contributed by atoms with Crippen LogP contribution in [0, 0.1) is 29.9 Å². The normalized spacial score (nSPS) is 10.8. The Labute approximate surface area is 159 Å². The van der Waals surface area contributed by atoms with Crippen molar-refractivity contribution < 1.29 is 13.6 Å². The first-order chi connectivity index (χ1) is 13.5. The third-order valence-electron chi connectivity index (χ3n) is 4.54. The van der Waals surface area contributed by atoms with Crippen LogP contribution in [0.25, 0.3) is 22.4 Å². The van der Waals surface area contributed by atoms with Crippen LogP contribution in [-0.2, 0) is 0 Å². The van der Waals surface area contributed by atoms with Crippen molar-refractivity contribution in [3.05, 3.63) is 89.0 Å². The number of carbonyl (C=O) groups is 1. The highest BCUT2D eigenvalue weighted by Crippen LogP contribution is 2.29. The van der Waals surface area contributed by atoms with E-state index in [0.717, 1.165) is 17.7 Å². The molecule has 0 atom stereocenters. The molecule has 0 aliphatic heterocycles. The molecule has 0 N–H and O–H groups in total. The lowest BCUT2D eigenvalue weighted by molar-refractivity contribution is 0.0958. The number of nitrogens with zero attached hydrogens (tertiary/aromatic N) is 3. The minimum atomic E-state index is -0.940. The summed E-state index contributed by atoms with van der Waals surface area (Å²) in [4.78, 5) is 17.7. The third-order valence-corrected chi connectivity index (χ3v) is 4.54. The molecule has 4 aromatic rings. The lowest BCUT2D eigenvalue weighted by atomic mass is 10.1. The fraction of sp³-hybridized carbons (Fsp3) is 0.0455. The topological polar surface area (TPSA) is 58.7 Å². The van der Waals surface area contributed by atoms with Gasteiger partial charge in [-0.3, -0.25) is 9.36 Å². The standard InChI is InChI=1S/C22H13F2N3O/c1-13-4-2-7-18-20(13)26-21(15-10-8-14(12-25)9-11-15)27(18)22(28)19-16(23)5-3-6-17(19)24/h2-11H,1H3. The number of fused-ring (bicyclic) bond motifs is 1. The summed E-state index contributed by atoms with van der Waals surface area (Å²) in [7, 11) is 0. The summed E-state index contributed by atoms with van der Waals surface area (Å²) in [6.45, 7) is 1.84. The quantitative estimate of drug-likeness (QED) is 0.505. The highest BCUT2D eigenvalue weighted by atomic mass is 19.1. The van der Waals surface area contributed by atoms with Crippen molar-refractivity contribution in [1.29, 1.82) is 5.26 Å². The molecule has 4 rings (SSSR count).